The van der Waals surface area contributed by atoms with E-state index in [1.54, 1.807) is 11.3 Å². The number of fused-ring (bicyclic) bond motifs is 12. The first-order chi connectivity index (χ1) is 29.2. The number of benzene rings is 9. The van der Waals surface area contributed by atoms with Crippen molar-refractivity contribution in [3.8, 4) is 39.9 Å². The zero-order valence-electron chi connectivity index (χ0n) is 31.4. The number of rotatable bonds is 4. The standard InChI is InChI=1S/C53H30N4S2/c1-2-14-32(15-3-1)51-54-52(38-21-12-24-46-48(38)36-19-8-10-22-44(36)58-46)56-53(55-51)39-26-28-42(50-49(39)37-20-9-11-23-45(37)59-50)57-41-27-25-31-13-6-7-18-35(31)47(41)40-29-33-16-4-5-17-34(33)30-43(40)57/h1-30H. The summed E-state index contributed by atoms with van der Waals surface area (Å²) in [5.41, 5.74) is 6.46. The Morgan fingerprint density at radius 2 is 0.966 bits per heavy atom. The van der Waals surface area contributed by atoms with Crippen molar-refractivity contribution in [2.75, 3.05) is 0 Å². The van der Waals surface area contributed by atoms with Crippen LogP contribution in [0.2, 0.25) is 0 Å². The van der Waals surface area contributed by atoms with Crippen LogP contribution in [0.15, 0.2) is 182 Å². The predicted octanol–water partition coefficient (Wildman–Crippen LogP) is 15.0. The molecule has 4 nitrogen and oxygen atoms in total. The second-order valence-electron chi connectivity index (χ2n) is 15.1. The number of thiophene rings is 2. The minimum Gasteiger partial charge on any atom is -0.308 e. The van der Waals surface area contributed by atoms with Crippen LogP contribution in [0.5, 0.6) is 0 Å². The molecule has 4 aromatic heterocycles. The van der Waals surface area contributed by atoms with E-state index in [1.165, 1.54) is 78.3 Å². The summed E-state index contributed by atoms with van der Waals surface area (Å²) >= 11 is 3.64. The van der Waals surface area contributed by atoms with Gasteiger partial charge in [0.05, 0.1) is 21.4 Å². The van der Waals surface area contributed by atoms with Gasteiger partial charge >= 0.3 is 0 Å². The van der Waals surface area contributed by atoms with E-state index in [0.29, 0.717) is 17.5 Å². The maximum absolute atomic E-state index is 5.41. The van der Waals surface area contributed by atoms with Gasteiger partial charge < -0.3 is 4.57 Å². The van der Waals surface area contributed by atoms with E-state index in [1.807, 2.05) is 29.5 Å². The highest BCUT2D eigenvalue weighted by Gasteiger charge is 2.23. The van der Waals surface area contributed by atoms with E-state index in [2.05, 4.69) is 168 Å². The first kappa shape index (κ1) is 32.8. The molecule has 0 saturated heterocycles. The molecule has 0 unspecified atom stereocenters. The highest BCUT2D eigenvalue weighted by Crippen LogP contribution is 2.47. The molecular formula is C53H30N4S2. The van der Waals surface area contributed by atoms with Gasteiger partial charge in [0.2, 0.25) is 0 Å². The summed E-state index contributed by atoms with van der Waals surface area (Å²) < 4.78 is 7.37. The van der Waals surface area contributed by atoms with Gasteiger partial charge in [-0.15, -0.1) is 22.7 Å². The van der Waals surface area contributed by atoms with Crippen molar-refractivity contribution in [3.05, 3.63) is 182 Å². The average molecular weight is 787 g/mol. The first-order valence-electron chi connectivity index (χ1n) is 19.8. The third kappa shape index (κ3) is 4.91. The molecule has 9 aromatic carbocycles. The minimum atomic E-state index is 0.653. The van der Waals surface area contributed by atoms with Crippen LogP contribution in [0, 0.1) is 0 Å². The number of aromatic nitrogens is 4. The zero-order valence-corrected chi connectivity index (χ0v) is 33.1. The molecular weight excluding hydrogens is 757 g/mol. The van der Waals surface area contributed by atoms with Crippen LogP contribution in [0.3, 0.4) is 0 Å². The molecule has 13 rings (SSSR count). The van der Waals surface area contributed by atoms with Gasteiger partial charge in [-0.25, -0.2) is 15.0 Å². The monoisotopic (exact) mass is 786 g/mol. The molecule has 0 radical (unpaired) electrons. The van der Waals surface area contributed by atoms with Crippen LogP contribution in [0.25, 0.3) is 124 Å². The quantitative estimate of drug-likeness (QED) is 0.178. The number of hydrogen-bond donors (Lipinski definition) is 0. The van der Waals surface area contributed by atoms with E-state index in [4.69, 9.17) is 15.0 Å². The summed E-state index contributed by atoms with van der Waals surface area (Å²) in [4.78, 5) is 15.9. The summed E-state index contributed by atoms with van der Waals surface area (Å²) in [6.07, 6.45) is 0. The summed E-state index contributed by atoms with van der Waals surface area (Å²) in [6, 6.07) is 65.4. The smallest absolute Gasteiger partial charge is 0.164 e. The highest BCUT2D eigenvalue weighted by molar-refractivity contribution is 7.26. The van der Waals surface area contributed by atoms with Crippen LogP contribution >= 0.6 is 22.7 Å². The molecule has 6 heteroatoms. The zero-order chi connectivity index (χ0) is 38.6. The molecule has 0 atom stereocenters. The lowest BCUT2D eigenvalue weighted by Gasteiger charge is -2.14. The Morgan fingerprint density at radius 3 is 1.76 bits per heavy atom. The van der Waals surface area contributed by atoms with Gasteiger partial charge in [0, 0.05) is 63.1 Å². The fourth-order valence-electron chi connectivity index (χ4n) is 9.20. The largest absolute Gasteiger partial charge is 0.308 e. The lowest BCUT2D eigenvalue weighted by molar-refractivity contribution is 1.08. The van der Waals surface area contributed by atoms with Crippen molar-refractivity contribution in [2.24, 2.45) is 0 Å². The van der Waals surface area contributed by atoms with Crippen molar-refractivity contribution in [3.63, 3.8) is 0 Å². The minimum absolute atomic E-state index is 0.653. The number of nitrogens with zero attached hydrogens (tertiary/aromatic N) is 4. The van der Waals surface area contributed by atoms with E-state index < -0.39 is 0 Å². The average Bonchev–Trinajstić information content (AvgIpc) is 3.98. The van der Waals surface area contributed by atoms with E-state index in [-0.39, 0.29) is 0 Å². The van der Waals surface area contributed by atoms with Crippen molar-refractivity contribution < 1.29 is 0 Å². The lowest BCUT2D eigenvalue weighted by Crippen LogP contribution is -2.01. The van der Waals surface area contributed by atoms with Crippen LogP contribution in [-0.4, -0.2) is 19.5 Å². The maximum Gasteiger partial charge on any atom is 0.164 e. The normalized spacial score (nSPS) is 12.1. The Bertz CT molecular complexity index is 3860. The molecule has 0 spiro atoms. The Balaban J connectivity index is 1.13. The van der Waals surface area contributed by atoms with Crippen LogP contribution < -0.4 is 0 Å². The first-order valence-corrected chi connectivity index (χ1v) is 21.4. The molecule has 13 aromatic rings. The molecule has 0 saturated carbocycles. The van der Waals surface area contributed by atoms with Crippen LogP contribution in [0.4, 0.5) is 0 Å². The van der Waals surface area contributed by atoms with Crippen LogP contribution in [0.1, 0.15) is 0 Å². The predicted molar refractivity (Wildman–Crippen MR) is 251 cm³/mol. The van der Waals surface area contributed by atoms with Crippen molar-refractivity contribution in [1.82, 2.24) is 19.5 Å². The summed E-state index contributed by atoms with van der Waals surface area (Å²) in [7, 11) is 0. The van der Waals surface area contributed by atoms with Crippen molar-refractivity contribution >= 4 is 106 Å². The van der Waals surface area contributed by atoms with Crippen molar-refractivity contribution in [1.29, 1.82) is 0 Å². The second-order valence-corrected chi connectivity index (χ2v) is 17.3. The molecule has 0 aliphatic rings. The molecule has 0 N–H and O–H groups in total. The van der Waals surface area contributed by atoms with Crippen LogP contribution in [-0.2, 0) is 0 Å². The van der Waals surface area contributed by atoms with Gasteiger partial charge in [0.1, 0.15) is 0 Å². The molecule has 0 aliphatic carbocycles. The third-order valence-corrected chi connectivity index (χ3v) is 14.1. The molecule has 0 bridgehead atoms. The maximum atomic E-state index is 5.41. The molecule has 274 valence electrons. The van der Waals surface area contributed by atoms with Gasteiger partial charge in [-0.05, 0) is 70.1 Å². The highest BCUT2D eigenvalue weighted by atomic mass is 32.1. The Morgan fingerprint density at radius 1 is 0.356 bits per heavy atom. The fourth-order valence-corrected chi connectivity index (χ4v) is 11.6. The molecule has 0 aliphatic heterocycles. The molecule has 4 heterocycles. The van der Waals surface area contributed by atoms with E-state index in [9.17, 15) is 0 Å². The van der Waals surface area contributed by atoms with Gasteiger partial charge in [-0.2, -0.15) is 0 Å². The molecule has 0 fully saturated rings. The second kappa shape index (κ2) is 12.6. The molecule has 0 amide bonds. The summed E-state index contributed by atoms with van der Waals surface area (Å²) in [6.45, 7) is 0. The Labute approximate surface area is 345 Å². The SMILES string of the molecule is c1ccc(-c2nc(-c3cccc4sc5ccccc5c34)nc(-c3ccc(-n4c5cc6ccccc6cc5c5c6ccccc6ccc54)c4sc5ccccc5c34)n2)cc1. The van der Waals surface area contributed by atoms with Crippen molar-refractivity contribution in [2.45, 2.75) is 0 Å². The topological polar surface area (TPSA) is 43.6 Å². The van der Waals surface area contributed by atoms with Gasteiger partial charge in [0.15, 0.2) is 17.5 Å². The molecule has 59 heavy (non-hydrogen) atoms. The van der Waals surface area contributed by atoms with Gasteiger partial charge in [-0.1, -0.05) is 133 Å². The lowest BCUT2D eigenvalue weighted by atomic mass is 10.0. The Kier molecular flexibility index (Phi) is 7.02. The summed E-state index contributed by atoms with van der Waals surface area (Å²) in [5, 5.41) is 12.2. The fraction of sp³-hybridized carbons (Fsp3) is 0. The van der Waals surface area contributed by atoms with E-state index >= 15 is 0 Å². The van der Waals surface area contributed by atoms with Gasteiger partial charge in [0.25, 0.3) is 0 Å². The number of hydrogen-bond acceptors (Lipinski definition) is 5. The summed E-state index contributed by atoms with van der Waals surface area (Å²) in [5.74, 6) is 1.98. The van der Waals surface area contributed by atoms with Gasteiger partial charge in [-0.3, -0.25) is 0 Å². The van der Waals surface area contributed by atoms with E-state index in [0.717, 1.165) is 27.8 Å². The third-order valence-electron chi connectivity index (χ3n) is 11.8. The Hall–Kier alpha value is -7.25.